The summed E-state index contributed by atoms with van der Waals surface area (Å²) in [5.41, 5.74) is 3.19. The van der Waals surface area contributed by atoms with Gasteiger partial charge >= 0.3 is 0 Å². The summed E-state index contributed by atoms with van der Waals surface area (Å²) in [6.45, 7) is 7.70. The largest absolute Gasteiger partial charge is 0.272 e. The fraction of sp³-hybridized carbons (Fsp3) is 0.750. The predicted molar refractivity (Wildman–Crippen MR) is 73.1 cm³/mol. The lowest BCUT2D eigenvalue weighted by molar-refractivity contribution is 0.558. The third-order valence-corrected chi connectivity index (χ3v) is 4.73. The molecule has 1 unspecified atom stereocenters. The molecule has 0 fully saturated rings. The van der Waals surface area contributed by atoms with Gasteiger partial charge in [-0.1, -0.05) is 6.92 Å². The van der Waals surface area contributed by atoms with E-state index in [1.165, 1.54) is 0 Å². The normalized spacial score (nSPS) is 13.8. The summed E-state index contributed by atoms with van der Waals surface area (Å²) >= 11 is 0. The Morgan fingerprint density at radius 2 is 2.00 bits per heavy atom. The number of sulfonamides is 1. The molecule has 0 bridgehead atoms. The highest BCUT2D eigenvalue weighted by Crippen LogP contribution is 2.14. The van der Waals surface area contributed by atoms with E-state index in [9.17, 15) is 8.42 Å². The number of hydrogen-bond donors (Lipinski definition) is 1. The van der Waals surface area contributed by atoms with E-state index in [0.717, 1.165) is 17.0 Å². The molecule has 0 aromatic carbocycles. The Balaban J connectivity index is 2.74. The maximum absolute atomic E-state index is 11.7. The van der Waals surface area contributed by atoms with E-state index in [4.69, 9.17) is 0 Å². The zero-order chi connectivity index (χ0) is 13.9. The van der Waals surface area contributed by atoms with Gasteiger partial charge in [-0.25, -0.2) is 13.1 Å². The number of nitrogens with zero attached hydrogens (tertiary/aromatic N) is 2. The summed E-state index contributed by atoms with van der Waals surface area (Å²) in [6.07, 6.45) is 1.31. The van der Waals surface area contributed by atoms with E-state index in [2.05, 4.69) is 9.82 Å². The summed E-state index contributed by atoms with van der Waals surface area (Å²) < 4.78 is 27.9. The Kier molecular flexibility index (Phi) is 4.92. The molecule has 1 atom stereocenters. The van der Waals surface area contributed by atoms with Crippen LogP contribution in [0.25, 0.3) is 0 Å². The number of hydrogen-bond acceptors (Lipinski definition) is 3. The molecule has 0 saturated heterocycles. The van der Waals surface area contributed by atoms with E-state index >= 15 is 0 Å². The van der Waals surface area contributed by atoms with Crippen molar-refractivity contribution >= 4 is 10.0 Å². The van der Waals surface area contributed by atoms with Gasteiger partial charge in [-0.15, -0.1) is 0 Å². The molecular formula is C12H23N3O2S. The molecule has 0 aliphatic heterocycles. The minimum atomic E-state index is -3.15. The average Bonchev–Trinajstić information content (AvgIpc) is 2.44. The van der Waals surface area contributed by atoms with E-state index in [1.807, 2.05) is 39.4 Å². The second-order valence-corrected chi connectivity index (χ2v) is 6.69. The van der Waals surface area contributed by atoms with Crippen LogP contribution in [-0.2, 0) is 23.5 Å². The SMILES string of the molecule is CCCS(=O)(=O)NC(C)Cc1c(C)nn(C)c1C. The van der Waals surface area contributed by atoms with E-state index in [1.54, 1.807) is 0 Å². The zero-order valence-corrected chi connectivity index (χ0v) is 12.6. The number of aryl methyl sites for hydroxylation is 2. The molecule has 0 radical (unpaired) electrons. The third kappa shape index (κ3) is 3.81. The topological polar surface area (TPSA) is 64.0 Å². The van der Waals surface area contributed by atoms with E-state index < -0.39 is 10.0 Å². The number of aromatic nitrogens is 2. The summed E-state index contributed by atoms with van der Waals surface area (Å²) in [4.78, 5) is 0. The second kappa shape index (κ2) is 5.84. The summed E-state index contributed by atoms with van der Waals surface area (Å²) in [5.74, 6) is 0.183. The van der Waals surface area contributed by atoms with Gasteiger partial charge in [0, 0.05) is 18.8 Å². The molecule has 0 saturated carbocycles. The summed E-state index contributed by atoms with van der Waals surface area (Å²) in [5, 5.41) is 4.34. The molecule has 0 aliphatic rings. The van der Waals surface area contributed by atoms with Gasteiger partial charge in [-0.2, -0.15) is 5.10 Å². The first kappa shape index (κ1) is 15.2. The summed E-state index contributed by atoms with van der Waals surface area (Å²) in [7, 11) is -1.25. The fourth-order valence-electron chi connectivity index (χ4n) is 2.09. The average molecular weight is 273 g/mol. The molecule has 1 N–H and O–H groups in total. The molecule has 1 rings (SSSR count). The van der Waals surface area contributed by atoms with Gasteiger partial charge in [0.1, 0.15) is 0 Å². The van der Waals surface area contributed by atoms with Crippen LogP contribution < -0.4 is 4.72 Å². The van der Waals surface area contributed by atoms with Crippen LogP contribution in [0.3, 0.4) is 0 Å². The Bertz CT molecular complexity index is 506. The lowest BCUT2D eigenvalue weighted by atomic mass is 10.1. The zero-order valence-electron chi connectivity index (χ0n) is 11.8. The highest BCUT2D eigenvalue weighted by atomic mass is 32.2. The van der Waals surface area contributed by atoms with Crippen molar-refractivity contribution in [3.8, 4) is 0 Å². The summed E-state index contributed by atoms with van der Waals surface area (Å²) in [6, 6.07) is -0.108. The quantitative estimate of drug-likeness (QED) is 0.849. The van der Waals surface area contributed by atoms with Gasteiger partial charge in [0.15, 0.2) is 0 Å². The number of nitrogens with one attached hydrogen (secondary N) is 1. The van der Waals surface area contributed by atoms with Gasteiger partial charge in [0.25, 0.3) is 0 Å². The van der Waals surface area contributed by atoms with Crippen LogP contribution in [-0.4, -0.2) is 30.0 Å². The first-order chi connectivity index (χ1) is 8.26. The minimum Gasteiger partial charge on any atom is -0.272 e. The van der Waals surface area contributed by atoms with Gasteiger partial charge in [0.05, 0.1) is 11.4 Å². The van der Waals surface area contributed by atoms with Crippen molar-refractivity contribution in [3.63, 3.8) is 0 Å². The third-order valence-electron chi connectivity index (χ3n) is 3.02. The highest BCUT2D eigenvalue weighted by Gasteiger charge is 2.17. The van der Waals surface area contributed by atoms with Gasteiger partial charge in [-0.05, 0) is 39.2 Å². The smallest absolute Gasteiger partial charge is 0.211 e. The van der Waals surface area contributed by atoms with Crippen molar-refractivity contribution in [3.05, 3.63) is 17.0 Å². The Morgan fingerprint density at radius 3 is 2.44 bits per heavy atom. The standard InChI is InChI=1S/C12H23N3O2S/c1-6-7-18(16,17)14-9(2)8-12-10(3)13-15(5)11(12)4/h9,14H,6-8H2,1-5H3. The molecule has 6 heteroatoms. The molecule has 1 aromatic rings. The van der Waals surface area contributed by atoms with Crippen molar-refractivity contribution in [2.75, 3.05) is 5.75 Å². The van der Waals surface area contributed by atoms with Crippen LogP contribution in [0.2, 0.25) is 0 Å². The van der Waals surface area contributed by atoms with Crippen molar-refractivity contribution in [1.29, 1.82) is 0 Å². The Morgan fingerprint density at radius 1 is 1.39 bits per heavy atom. The monoisotopic (exact) mass is 273 g/mol. The lowest BCUT2D eigenvalue weighted by Crippen LogP contribution is -2.35. The van der Waals surface area contributed by atoms with Crippen molar-refractivity contribution < 1.29 is 8.42 Å². The Labute approximate surface area is 110 Å². The van der Waals surface area contributed by atoms with Crippen molar-refractivity contribution in [2.24, 2.45) is 7.05 Å². The molecule has 18 heavy (non-hydrogen) atoms. The predicted octanol–water partition coefficient (Wildman–Crippen LogP) is 1.30. The fourth-order valence-corrected chi connectivity index (χ4v) is 3.45. The van der Waals surface area contributed by atoms with Crippen molar-refractivity contribution in [2.45, 2.75) is 46.6 Å². The maximum Gasteiger partial charge on any atom is 0.211 e. The second-order valence-electron chi connectivity index (χ2n) is 4.81. The van der Waals surface area contributed by atoms with Crippen LogP contribution in [0.5, 0.6) is 0 Å². The maximum atomic E-state index is 11.7. The molecular weight excluding hydrogens is 250 g/mol. The van der Waals surface area contributed by atoms with Gasteiger partial charge in [-0.3, -0.25) is 4.68 Å². The van der Waals surface area contributed by atoms with Crippen LogP contribution >= 0.6 is 0 Å². The number of rotatable bonds is 6. The first-order valence-electron chi connectivity index (χ1n) is 6.26. The van der Waals surface area contributed by atoms with Crippen LogP contribution in [0.1, 0.15) is 37.2 Å². The molecule has 0 amide bonds. The molecule has 5 nitrogen and oxygen atoms in total. The molecule has 0 spiro atoms. The first-order valence-corrected chi connectivity index (χ1v) is 7.91. The molecule has 104 valence electrons. The highest BCUT2D eigenvalue weighted by molar-refractivity contribution is 7.89. The van der Waals surface area contributed by atoms with Crippen LogP contribution in [0.4, 0.5) is 0 Å². The van der Waals surface area contributed by atoms with Gasteiger partial charge < -0.3 is 0 Å². The molecule has 0 aliphatic carbocycles. The van der Waals surface area contributed by atoms with Crippen LogP contribution in [0, 0.1) is 13.8 Å². The Hall–Kier alpha value is -0.880. The van der Waals surface area contributed by atoms with E-state index in [0.29, 0.717) is 12.8 Å². The molecule has 1 aromatic heterocycles. The molecule has 1 heterocycles. The van der Waals surface area contributed by atoms with Crippen LogP contribution in [0.15, 0.2) is 0 Å². The van der Waals surface area contributed by atoms with Gasteiger partial charge in [0.2, 0.25) is 10.0 Å². The minimum absolute atomic E-state index is 0.108. The van der Waals surface area contributed by atoms with E-state index in [-0.39, 0.29) is 11.8 Å². The lowest BCUT2D eigenvalue weighted by Gasteiger charge is -2.14. The van der Waals surface area contributed by atoms with Crippen molar-refractivity contribution in [1.82, 2.24) is 14.5 Å².